The number of primary amides is 1. The molecular formula is C30H42N4O3. The minimum atomic E-state index is -0.734. The maximum Gasteiger partial charge on any atom is 0.404 e. The van der Waals surface area contributed by atoms with Crippen LogP contribution in [-0.4, -0.2) is 33.7 Å². The maximum atomic E-state index is 12.4. The Hall–Kier alpha value is -3.35. The molecule has 7 heteroatoms. The molecule has 1 atom stereocenters. The molecule has 0 aliphatic heterocycles. The number of hydrogen-bond acceptors (Lipinski definition) is 4. The van der Waals surface area contributed by atoms with Crippen molar-refractivity contribution < 1.29 is 14.3 Å². The summed E-state index contributed by atoms with van der Waals surface area (Å²) in [4.78, 5) is 27.5. The second-order valence-corrected chi connectivity index (χ2v) is 11.0. The largest absolute Gasteiger partial charge is 0.446 e. The molecule has 1 saturated carbocycles. The summed E-state index contributed by atoms with van der Waals surface area (Å²) < 4.78 is 7.26. The summed E-state index contributed by atoms with van der Waals surface area (Å²) in [7, 11) is 0. The van der Waals surface area contributed by atoms with Crippen LogP contribution in [0.1, 0.15) is 79.2 Å². The van der Waals surface area contributed by atoms with Gasteiger partial charge in [-0.3, -0.25) is 4.79 Å². The van der Waals surface area contributed by atoms with E-state index in [1.54, 1.807) is 6.08 Å². The standard InChI is InChI=1S/C30H42N4O3/c1-21(9-14-26-23(3)27(15-16-30(26,4)5)34-18-17-32-20-34)7-6-8-22(2)19-28(35)33-24-10-12-25(13-11-24)37-29(31)36/h6-9,14,17-20,24-25,27H,10-13,15-16H2,1-5H3,(H2,31,36)(H,33,35)/b8-6+,14-9+,21-7+,22-19+. The second-order valence-electron chi connectivity index (χ2n) is 11.0. The number of carbonyl (C=O) groups excluding carboxylic acids is 2. The second kappa shape index (κ2) is 12.7. The van der Waals surface area contributed by atoms with Gasteiger partial charge in [0.25, 0.3) is 0 Å². The summed E-state index contributed by atoms with van der Waals surface area (Å²) in [5, 5.41) is 3.05. The lowest BCUT2D eigenvalue weighted by Gasteiger charge is -2.37. The van der Waals surface area contributed by atoms with Crippen molar-refractivity contribution in [2.45, 2.75) is 91.3 Å². The minimum absolute atomic E-state index is 0.0932. The molecule has 0 bridgehead atoms. The van der Waals surface area contributed by atoms with Gasteiger partial charge >= 0.3 is 6.09 Å². The van der Waals surface area contributed by atoms with E-state index in [0.717, 1.165) is 36.8 Å². The summed E-state index contributed by atoms with van der Waals surface area (Å²) in [6, 6.07) is 0.451. The molecule has 1 heterocycles. The first-order valence-electron chi connectivity index (χ1n) is 13.2. The van der Waals surface area contributed by atoms with Crippen molar-refractivity contribution in [2.24, 2.45) is 11.1 Å². The normalized spacial score (nSPS) is 25.1. The molecule has 2 amide bonds. The van der Waals surface area contributed by atoms with Crippen LogP contribution < -0.4 is 11.1 Å². The number of nitrogens with zero attached hydrogens (tertiary/aromatic N) is 2. The van der Waals surface area contributed by atoms with E-state index in [1.807, 2.05) is 37.8 Å². The number of aromatic nitrogens is 2. The van der Waals surface area contributed by atoms with Crippen LogP contribution in [0.15, 0.2) is 77.5 Å². The first-order chi connectivity index (χ1) is 17.5. The van der Waals surface area contributed by atoms with E-state index in [0.29, 0.717) is 18.9 Å². The van der Waals surface area contributed by atoms with Gasteiger partial charge in [0.1, 0.15) is 6.10 Å². The average molecular weight is 507 g/mol. The number of imidazole rings is 1. The number of amides is 2. The molecule has 3 N–H and O–H groups in total. The SMILES string of the molecule is CC1=C(/C=C/C(C)=C/C=C/C(C)=C/C(=O)NC2CCC(OC(N)=O)CC2)C(C)(C)CCC1n1ccnc1. The average Bonchev–Trinajstić information content (AvgIpc) is 3.34. The summed E-state index contributed by atoms with van der Waals surface area (Å²) in [5.41, 5.74) is 10.0. The Kier molecular flexibility index (Phi) is 9.73. The van der Waals surface area contributed by atoms with E-state index in [1.165, 1.54) is 11.1 Å². The lowest BCUT2D eigenvalue weighted by molar-refractivity contribution is -0.117. The number of nitrogens with one attached hydrogen (secondary N) is 1. The van der Waals surface area contributed by atoms with E-state index < -0.39 is 6.09 Å². The van der Waals surface area contributed by atoms with E-state index in [-0.39, 0.29) is 23.5 Å². The van der Waals surface area contributed by atoms with Gasteiger partial charge in [0.15, 0.2) is 0 Å². The van der Waals surface area contributed by atoms with E-state index in [2.05, 4.69) is 60.8 Å². The first-order valence-corrected chi connectivity index (χ1v) is 13.2. The smallest absolute Gasteiger partial charge is 0.404 e. The van der Waals surface area contributed by atoms with Crippen LogP contribution in [-0.2, 0) is 9.53 Å². The number of rotatable bonds is 8. The maximum absolute atomic E-state index is 12.4. The van der Waals surface area contributed by atoms with Gasteiger partial charge in [-0.1, -0.05) is 49.8 Å². The number of allylic oxidation sites excluding steroid dienone is 9. The van der Waals surface area contributed by atoms with Crippen LogP contribution >= 0.6 is 0 Å². The van der Waals surface area contributed by atoms with E-state index in [4.69, 9.17) is 10.5 Å². The fourth-order valence-electron chi connectivity index (χ4n) is 5.35. The van der Waals surface area contributed by atoms with Gasteiger partial charge in [0.2, 0.25) is 5.91 Å². The topological polar surface area (TPSA) is 99.2 Å². The molecule has 2 aliphatic carbocycles. The summed E-state index contributed by atoms with van der Waals surface area (Å²) in [6.45, 7) is 10.9. The van der Waals surface area contributed by atoms with Crippen molar-refractivity contribution in [2.75, 3.05) is 0 Å². The third-order valence-electron chi connectivity index (χ3n) is 7.47. The molecule has 1 fully saturated rings. The highest BCUT2D eigenvalue weighted by atomic mass is 16.6. The highest BCUT2D eigenvalue weighted by molar-refractivity contribution is 5.88. The monoisotopic (exact) mass is 506 g/mol. The molecule has 1 unspecified atom stereocenters. The lowest BCUT2D eigenvalue weighted by atomic mass is 9.71. The van der Waals surface area contributed by atoms with Crippen LogP contribution in [0.4, 0.5) is 4.79 Å². The minimum Gasteiger partial charge on any atom is -0.446 e. The predicted molar refractivity (Wildman–Crippen MR) is 148 cm³/mol. The van der Waals surface area contributed by atoms with Crippen LogP contribution in [0.5, 0.6) is 0 Å². The molecule has 3 rings (SSSR count). The van der Waals surface area contributed by atoms with Gasteiger partial charge < -0.3 is 20.4 Å². The molecule has 200 valence electrons. The zero-order valence-corrected chi connectivity index (χ0v) is 22.9. The van der Waals surface area contributed by atoms with Crippen LogP contribution in [0, 0.1) is 5.41 Å². The third kappa shape index (κ3) is 8.34. The van der Waals surface area contributed by atoms with Crippen LogP contribution in [0.3, 0.4) is 0 Å². The Morgan fingerprint density at radius 2 is 1.86 bits per heavy atom. The van der Waals surface area contributed by atoms with Crippen LogP contribution in [0.25, 0.3) is 0 Å². The fraction of sp³-hybridized carbons (Fsp3) is 0.500. The Balaban J connectivity index is 1.55. The molecule has 0 radical (unpaired) electrons. The summed E-state index contributed by atoms with van der Waals surface area (Å²) in [6.07, 6.45) is 22.2. The Bertz CT molecular complexity index is 1100. The van der Waals surface area contributed by atoms with Crippen molar-refractivity contribution in [3.8, 4) is 0 Å². The molecule has 0 saturated heterocycles. The van der Waals surface area contributed by atoms with Crippen molar-refractivity contribution >= 4 is 12.0 Å². The van der Waals surface area contributed by atoms with Gasteiger partial charge in [-0.15, -0.1) is 0 Å². The van der Waals surface area contributed by atoms with Gasteiger partial charge in [0, 0.05) is 24.5 Å². The van der Waals surface area contributed by atoms with E-state index >= 15 is 0 Å². The molecule has 0 spiro atoms. The van der Waals surface area contributed by atoms with Gasteiger partial charge in [-0.25, -0.2) is 9.78 Å². The first kappa shape index (κ1) is 28.2. The van der Waals surface area contributed by atoms with Crippen LogP contribution in [0.2, 0.25) is 0 Å². The van der Waals surface area contributed by atoms with Gasteiger partial charge in [-0.2, -0.15) is 0 Å². The zero-order valence-electron chi connectivity index (χ0n) is 22.9. The van der Waals surface area contributed by atoms with Gasteiger partial charge in [0.05, 0.1) is 12.4 Å². The quantitative estimate of drug-likeness (QED) is 0.329. The third-order valence-corrected chi connectivity index (χ3v) is 7.47. The Morgan fingerprint density at radius 3 is 2.51 bits per heavy atom. The highest BCUT2D eigenvalue weighted by Crippen LogP contribution is 2.45. The highest BCUT2D eigenvalue weighted by Gasteiger charge is 2.32. The Morgan fingerprint density at radius 1 is 1.14 bits per heavy atom. The van der Waals surface area contributed by atoms with Gasteiger partial charge in [-0.05, 0) is 81.4 Å². The number of ether oxygens (including phenoxy) is 1. The number of nitrogens with two attached hydrogens (primary N) is 1. The number of hydrogen-bond donors (Lipinski definition) is 2. The summed E-state index contributed by atoms with van der Waals surface area (Å²) in [5.74, 6) is -0.101. The Labute approximate surface area is 221 Å². The number of carbonyl (C=O) groups is 2. The predicted octanol–water partition coefficient (Wildman–Crippen LogP) is 6.09. The van der Waals surface area contributed by atoms with Crippen molar-refractivity contribution in [1.29, 1.82) is 0 Å². The molecule has 1 aromatic rings. The molecule has 0 aromatic carbocycles. The molecule has 2 aliphatic rings. The summed E-state index contributed by atoms with van der Waals surface area (Å²) >= 11 is 0. The zero-order chi connectivity index (χ0) is 27.0. The molecular weight excluding hydrogens is 464 g/mol. The molecule has 37 heavy (non-hydrogen) atoms. The van der Waals surface area contributed by atoms with E-state index in [9.17, 15) is 9.59 Å². The van der Waals surface area contributed by atoms with Crippen molar-refractivity contribution in [3.63, 3.8) is 0 Å². The fourth-order valence-corrected chi connectivity index (χ4v) is 5.35. The molecule has 7 nitrogen and oxygen atoms in total. The van der Waals surface area contributed by atoms with Crippen molar-refractivity contribution in [1.82, 2.24) is 14.9 Å². The van der Waals surface area contributed by atoms with Crippen molar-refractivity contribution in [3.05, 3.63) is 77.5 Å². The lowest BCUT2D eigenvalue weighted by Crippen LogP contribution is -2.39. The molecule has 1 aromatic heterocycles.